The van der Waals surface area contributed by atoms with Crippen molar-refractivity contribution in [3.63, 3.8) is 0 Å². The van der Waals surface area contributed by atoms with E-state index in [0.717, 1.165) is 5.56 Å². The van der Waals surface area contributed by atoms with Crippen molar-refractivity contribution >= 4 is 11.9 Å². The summed E-state index contributed by atoms with van der Waals surface area (Å²) in [6.45, 7) is 0.221. The number of aliphatic carboxylic acids is 1. The molecule has 0 radical (unpaired) electrons. The maximum absolute atomic E-state index is 12.2. The average molecular weight is 325 g/mol. The Bertz CT molecular complexity index is 509. The van der Waals surface area contributed by atoms with Gasteiger partial charge in [-0.05, 0) is 24.1 Å². The van der Waals surface area contributed by atoms with Crippen molar-refractivity contribution in [2.24, 2.45) is 0 Å². The lowest BCUT2D eigenvalue weighted by Crippen LogP contribution is -2.38. The quantitative estimate of drug-likeness (QED) is 0.696. The number of nitrogens with zero attached hydrogens (tertiary/aromatic N) is 1. The Labute approximate surface area is 135 Å². The van der Waals surface area contributed by atoms with Crippen molar-refractivity contribution in [1.82, 2.24) is 4.90 Å². The van der Waals surface area contributed by atoms with E-state index in [1.165, 1.54) is 12.0 Å². The molecule has 0 saturated heterocycles. The molecule has 1 amide bonds. The van der Waals surface area contributed by atoms with Crippen molar-refractivity contribution in [3.05, 3.63) is 23.8 Å². The molecule has 0 aliphatic heterocycles. The van der Waals surface area contributed by atoms with Gasteiger partial charge in [0.25, 0.3) is 0 Å². The van der Waals surface area contributed by atoms with Gasteiger partial charge in [0, 0.05) is 26.1 Å². The van der Waals surface area contributed by atoms with Crippen molar-refractivity contribution in [1.29, 1.82) is 0 Å². The lowest BCUT2D eigenvalue weighted by atomic mass is 10.1. The number of amides is 1. The lowest BCUT2D eigenvalue weighted by molar-refractivity contribution is -0.144. The van der Waals surface area contributed by atoms with Crippen LogP contribution < -0.4 is 9.47 Å². The van der Waals surface area contributed by atoms with Gasteiger partial charge in [0.2, 0.25) is 5.91 Å². The van der Waals surface area contributed by atoms with E-state index in [4.69, 9.17) is 19.3 Å². The number of carbonyl (C=O) groups is 2. The van der Waals surface area contributed by atoms with Crippen molar-refractivity contribution in [3.8, 4) is 11.5 Å². The molecule has 7 heteroatoms. The molecule has 0 heterocycles. The fraction of sp³-hybridized carbons (Fsp3) is 0.500. The highest BCUT2D eigenvalue weighted by atomic mass is 16.5. The van der Waals surface area contributed by atoms with Crippen molar-refractivity contribution in [2.75, 3.05) is 41.0 Å². The van der Waals surface area contributed by atoms with Crippen LogP contribution in [0, 0.1) is 0 Å². The van der Waals surface area contributed by atoms with Crippen LogP contribution in [0.4, 0.5) is 0 Å². The molecule has 0 aromatic heterocycles. The first kappa shape index (κ1) is 18.8. The lowest BCUT2D eigenvalue weighted by Gasteiger charge is -2.20. The molecular weight excluding hydrogens is 302 g/mol. The smallest absolute Gasteiger partial charge is 0.323 e. The van der Waals surface area contributed by atoms with E-state index in [2.05, 4.69) is 0 Å². The number of hydrogen-bond donors (Lipinski definition) is 1. The molecule has 0 bridgehead atoms. The highest BCUT2D eigenvalue weighted by Gasteiger charge is 2.16. The zero-order valence-electron chi connectivity index (χ0n) is 13.7. The number of carboxylic acid groups (broad SMARTS) is 1. The third-order valence-electron chi connectivity index (χ3n) is 3.28. The third-order valence-corrected chi connectivity index (χ3v) is 3.28. The number of aryl methyl sites for hydroxylation is 1. The number of hydrogen-bond acceptors (Lipinski definition) is 5. The van der Waals surface area contributed by atoms with Crippen LogP contribution >= 0.6 is 0 Å². The second-order valence-electron chi connectivity index (χ2n) is 4.92. The van der Waals surface area contributed by atoms with Gasteiger partial charge in [-0.25, -0.2) is 0 Å². The summed E-state index contributed by atoms with van der Waals surface area (Å²) in [4.78, 5) is 24.3. The summed E-state index contributed by atoms with van der Waals surface area (Å²) in [7, 11) is 4.62. The summed E-state index contributed by atoms with van der Waals surface area (Å²) in [6.07, 6.45) is 0.669. The van der Waals surface area contributed by atoms with Gasteiger partial charge in [0.1, 0.15) is 18.0 Å². The molecule has 0 atom stereocenters. The summed E-state index contributed by atoms with van der Waals surface area (Å²) < 4.78 is 15.3. The van der Waals surface area contributed by atoms with E-state index in [9.17, 15) is 9.59 Å². The average Bonchev–Trinajstić information content (AvgIpc) is 2.55. The monoisotopic (exact) mass is 325 g/mol. The van der Waals surface area contributed by atoms with E-state index >= 15 is 0 Å². The fourth-order valence-electron chi connectivity index (χ4n) is 2.08. The van der Waals surface area contributed by atoms with Crippen LogP contribution in [0.1, 0.15) is 12.0 Å². The molecular formula is C16H23NO6. The molecule has 0 spiro atoms. The van der Waals surface area contributed by atoms with Gasteiger partial charge in [0.05, 0.1) is 20.8 Å². The predicted octanol–water partition coefficient (Wildman–Crippen LogP) is 1.20. The number of benzene rings is 1. The SMILES string of the molecule is COCCN(CC(=O)O)C(=O)CCc1cc(OC)cc(OC)c1. The minimum absolute atomic E-state index is 0.202. The molecule has 1 aromatic carbocycles. The molecule has 0 aliphatic rings. The topological polar surface area (TPSA) is 85.3 Å². The molecule has 0 fully saturated rings. The minimum Gasteiger partial charge on any atom is -0.497 e. The van der Waals surface area contributed by atoms with Crippen molar-refractivity contribution in [2.45, 2.75) is 12.8 Å². The zero-order chi connectivity index (χ0) is 17.2. The molecule has 1 rings (SSSR count). The highest BCUT2D eigenvalue weighted by molar-refractivity contribution is 5.81. The Kier molecular flexibility index (Phi) is 7.90. The van der Waals surface area contributed by atoms with E-state index in [1.54, 1.807) is 20.3 Å². The molecule has 1 N–H and O–H groups in total. The number of rotatable bonds is 10. The van der Waals surface area contributed by atoms with Crippen LogP contribution in [0.3, 0.4) is 0 Å². The maximum atomic E-state index is 12.2. The molecule has 0 aliphatic carbocycles. The molecule has 0 unspecified atom stereocenters. The number of methoxy groups -OCH3 is 3. The first-order valence-electron chi connectivity index (χ1n) is 7.20. The van der Waals surface area contributed by atoms with Gasteiger partial charge in [-0.1, -0.05) is 0 Å². The van der Waals surface area contributed by atoms with E-state index in [0.29, 0.717) is 24.5 Å². The highest BCUT2D eigenvalue weighted by Crippen LogP contribution is 2.23. The Balaban J connectivity index is 2.70. The standard InChI is InChI=1S/C16H23NO6/c1-21-7-6-17(11-16(19)20)15(18)5-4-12-8-13(22-2)10-14(9-12)23-3/h8-10H,4-7,11H2,1-3H3,(H,19,20). The Morgan fingerprint density at radius 1 is 1.09 bits per heavy atom. The molecule has 23 heavy (non-hydrogen) atoms. The van der Waals surface area contributed by atoms with Crippen LogP contribution in [0.15, 0.2) is 18.2 Å². The largest absolute Gasteiger partial charge is 0.497 e. The van der Waals surface area contributed by atoms with Gasteiger partial charge in [-0.15, -0.1) is 0 Å². The number of carboxylic acids is 1. The first-order valence-corrected chi connectivity index (χ1v) is 7.20. The van der Waals surface area contributed by atoms with Gasteiger partial charge in [0.15, 0.2) is 0 Å². The Morgan fingerprint density at radius 2 is 1.70 bits per heavy atom. The van der Waals surface area contributed by atoms with Gasteiger partial charge in [-0.2, -0.15) is 0 Å². The number of carbonyl (C=O) groups excluding carboxylic acids is 1. The predicted molar refractivity (Wildman–Crippen MR) is 84.0 cm³/mol. The molecule has 1 aromatic rings. The Morgan fingerprint density at radius 3 is 2.17 bits per heavy atom. The van der Waals surface area contributed by atoms with Crippen molar-refractivity contribution < 1.29 is 28.9 Å². The zero-order valence-corrected chi connectivity index (χ0v) is 13.7. The Hall–Kier alpha value is -2.28. The summed E-state index contributed by atoms with van der Waals surface area (Å²) in [5, 5.41) is 8.89. The fourth-order valence-corrected chi connectivity index (χ4v) is 2.08. The summed E-state index contributed by atoms with van der Waals surface area (Å²) in [5.74, 6) is 0.0193. The van der Waals surface area contributed by atoms with Crippen LogP contribution in [-0.2, 0) is 20.7 Å². The summed E-state index contributed by atoms with van der Waals surface area (Å²) in [6, 6.07) is 5.40. The maximum Gasteiger partial charge on any atom is 0.323 e. The van der Waals surface area contributed by atoms with Gasteiger partial charge >= 0.3 is 5.97 Å². The number of ether oxygens (including phenoxy) is 3. The van der Waals surface area contributed by atoms with E-state index in [-0.39, 0.29) is 25.4 Å². The van der Waals surface area contributed by atoms with E-state index in [1.807, 2.05) is 12.1 Å². The molecule has 128 valence electrons. The minimum atomic E-state index is -1.04. The van der Waals surface area contributed by atoms with Crippen LogP contribution in [0.2, 0.25) is 0 Å². The van der Waals surface area contributed by atoms with Crippen LogP contribution in [-0.4, -0.2) is 62.9 Å². The summed E-state index contributed by atoms with van der Waals surface area (Å²) >= 11 is 0. The third kappa shape index (κ3) is 6.56. The molecule has 0 saturated carbocycles. The summed E-state index contributed by atoms with van der Waals surface area (Å²) in [5.41, 5.74) is 0.886. The molecule has 7 nitrogen and oxygen atoms in total. The van der Waals surface area contributed by atoms with Crippen LogP contribution in [0.25, 0.3) is 0 Å². The van der Waals surface area contributed by atoms with Crippen LogP contribution in [0.5, 0.6) is 11.5 Å². The second-order valence-corrected chi connectivity index (χ2v) is 4.92. The second kappa shape index (κ2) is 9.68. The van der Waals surface area contributed by atoms with Gasteiger partial charge < -0.3 is 24.2 Å². The van der Waals surface area contributed by atoms with E-state index < -0.39 is 5.97 Å². The first-order chi connectivity index (χ1) is 11.0. The van der Waals surface area contributed by atoms with Gasteiger partial charge in [-0.3, -0.25) is 9.59 Å². The normalized spacial score (nSPS) is 10.2.